The molecule has 19 heavy (non-hydrogen) atoms. The minimum absolute atomic E-state index is 0.356. The van der Waals surface area contributed by atoms with Crippen molar-refractivity contribution >= 4 is 27.5 Å². The highest BCUT2D eigenvalue weighted by atomic mass is 79.9. The van der Waals surface area contributed by atoms with Gasteiger partial charge >= 0.3 is 0 Å². The number of hydrogen-bond donors (Lipinski definition) is 2. The lowest BCUT2D eigenvalue weighted by molar-refractivity contribution is 0.511. The molecule has 0 saturated heterocycles. The van der Waals surface area contributed by atoms with E-state index in [9.17, 15) is 4.39 Å². The molecule has 0 amide bonds. The van der Waals surface area contributed by atoms with E-state index in [2.05, 4.69) is 21.4 Å². The predicted octanol–water partition coefficient (Wildman–Crippen LogP) is 3.99. The summed E-state index contributed by atoms with van der Waals surface area (Å²) >= 11 is 9.46. The molecule has 0 fully saturated rings. The number of hydrogen-bond acceptors (Lipinski definition) is 2. The summed E-state index contributed by atoms with van der Waals surface area (Å²) in [5.41, 5.74) is 4.06. The fourth-order valence-electron chi connectivity index (χ4n) is 1.99. The van der Waals surface area contributed by atoms with Gasteiger partial charge in [0.1, 0.15) is 5.82 Å². The van der Waals surface area contributed by atoms with Crippen molar-refractivity contribution in [3.05, 3.63) is 68.9 Å². The van der Waals surface area contributed by atoms with Gasteiger partial charge in [0, 0.05) is 15.1 Å². The van der Waals surface area contributed by atoms with Crippen LogP contribution < -0.4 is 11.3 Å². The molecule has 5 heteroatoms. The van der Waals surface area contributed by atoms with Crippen LogP contribution in [0.15, 0.2) is 46.9 Å². The zero-order valence-corrected chi connectivity index (χ0v) is 12.4. The van der Waals surface area contributed by atoms with Gasteiger partial charge in [-0.15, -0.1) is 0 Å². The second kappa shape index (κ2) is 6.48. The van der Waals surface area contributed by atoms with E-state index in [4.69, 9.17) is 17.4 Å². The summed E-state index contributed by atoms with van der Waals surface area (Å²) in [5.74, 6) is 5.19. The lowest BCUT2D eigenvalue weighted by Gasteiger charge is -2.18. The molecule has 1 atom stereocenters. The van der Waals surface area contributed by atoms with Gasteiger partial charge < -0.3 is 0 Å². The molecule has 0 aliphatic carbocycles. The summed E-state index contributed by atoms with van der Waals surface area (Å²) in [6, 6.07) is 12.0. The number of nitrogens with one attached hydrogen (secondary N) is 1. The van der Waals surface area contributed by atoms with Crippen LogP contribution in [0.4, 0.5) is 4.39 Å². The van der Waals surface area contributed by atoms with Gasteiger partial charge in [-0.25, -0.2) is 4.39 Å². The Bertz CT molecular complexity index is 557. The van der Waals surface area contributed by atoms with E-state index < -0.39 is 0 Å². The fraction of sp³-hybridized carbons (Fsp3) is 0.143. The maximum atomic E-state index is 13.9. The van der Waals surface area contributed by atoms with Gasteiger partial charge in [-0.2, -0.15) is 0 Å². The molecule has 0 radical (unpaired) electrons. The highest BCUT2D eigenvalue weighted by molar-refractivity contribution is 9.10. The molecule has 2 aromatic rings. The average molecular weight is 344 g/mol. The molecule has 2 rings (SSSR count). The molecule has 0 saturated carbocycles. The number of hydrazine groups is 1. The minimum atomic E-state index is -0.372. The Morgan fingerprint density at radius 3 is 2.63 bits per heavy atom. The summed E-state index contributed by atoms with van der Waals surface area (Å²) in [4.78, 5) is 0. The molecular weight excluding hydrogens is 331 g/mol. The molecule has 2 aromatic carbocycles. The van der Waals surface area contributed by atoms with Crippen molar-refractivity contribution in [1.29, 1.82) is 0 Å². The van der Waals surface area contributed by atoms with Crippen LogP contribution in [-0.2, 0) is 6.42 Å². The van der Waals surface area contributed by atoms with E-state index >= 15 is 0 Å². The lowest BCUT2D eigenvalue weighted by Crippen LogP contribution is -2.30. The smallest absolute Gasteiger partial charge is 0.129 e. The normalized spacial score (nSPS) is 12.4. The third kappa shape index (κ3) is 3.54. The van der Waals surface area contributed by atoms with E-state index in [-0.39, 0.29) is 11.9 Å². The topological polar surface area (TPSA) is 38.0 Å². The van der Waals surface area contributed by atoms with E-state index in [0.717, 1.165) is 10.0 Å². The first-order chi connectivity index (χ1) is 9.11. The lowest BCUT2D eigenvalue weighted by atomic mass is 9.99. The van der Waals surface area contributed by atoms with Crippen LogP contribution >= 0.6 is 27.5 Å². The summed E-state index contributed by atoms with van der Waals surface area (Å²) in [6.07, 6.45) is 0.552. The van der Waals surface area contributed by atoms with Gasteiger partial charge in [-0.05, 0) is 36.2 Å². The highest BCUT2D eigenvalue weighted by Crippen LogP contribution is 2.28. The van der Waals surface area contributed by atoms with Crippen LogP contribution in [0.3, 0.4) is 0 Å². The Kier molecular flexibility index (Phi) is 4.93. The summed E-state index contributed by atoms with van der Waals surface area (Å²) in [7, 11) is 0. The maximum absolute atomic E-state index is 13.9. The molecule has 0 aliphatic heterocycles. The van der Waals surface area contributed by atoms with Crippen LogP contribution in [0.1, 0.15) is 17.2 Å². The summed E-state index contributed by atoms with van der Waals surface area (Å²) in [6.45, 7) is 0. The molecule has 0 heterocycles. The third-order valence-electron chi connectivity index (χ3n) is 2.88. The molecule has 0 bridgehead atoms. The van der Waals surface area contributed by atoms with Gasteiger partial charge in [-0.1, -0.05) is 45.7 Å². The van der Waals surface area contributed by atoms with Crippen molar-refractivity contribution in [2.24, 2.45) is 5.84 Å². The Labute approximate surface area is 124 Å². The van der Waals surface area contributed by atoms with Crippen LogP contribution in [0, 0.1) is 5.82 Å². The second-order valence-electron chi connectivity index (χ2n) is 4.19. The van der Waals surface area contributed by atoms with E-state index in [1.807, 2.05) is 24.3 Å². The van der Waals surface area contributed by atoms with Crippen molar-refractivity contribution < 1.29 is 4.39 Å². The van der Waals surface area contributed by atoms with E-state index in [1.165, 1.54) is 6.07 Å². The van der Waals surface area contributed by atoms with E-state index in [0.29, 0.717) is 17.0 Å². The molecular formula is C14H13BrClFN2. The van der Waals surface area contributed by atoms with Crippen LogP contribution in [0.25, 0.3) is 0 Å². The highest BCUT2D eigenvalue weighted by Gasteiger charge is 2.18. The Morgan fingerprint density at radius 1 is 1.26 bits per heavy atom. The average Bonchev–Trinajstić information content (AvgIpc) is 2.37. The number of nitrogens with two attached hydrogens (primary N) is 1. The van der Waals surface area contributed by atoms with E-state index in [1.54, 1.807) is 12.1 Å². The zero-order valence-electron chi connectivity index (χ0n) is 10.0. The van der Waals surface area contributed by atoms with Crippen molar-refractivity contribution in [2.45, 2.75) is 12.5 Å². The molecule has 0 aromatic heterocycles. The predicted molar refractivity (Wildman–Crippen MR) is 79.3 cm³/mol. The maximum Gasteiger partial charge on any atom is 0.129 e. The van der Waals surface area contributed by atoms with Crippen LogP contribution in [-0.4, -0.2) is 0 Å². The molecule has 0 aliphatic rings. The number of rotatable bonds is 4. The Balaban J connectivity index is 2.30. The van der Waals surface area contributed by atoms with Gasteiger partial charge in [0.15, 0.2) is 0 Å². The third-order valence-corrected chi connectivity index (χ3v) is 3.70. The Morgan fingerprint density at radius 2 is 2.00 bits per heavy atom. The molecule has 1 unspecified atom stereocenters. The fourth-order valence-corrected chi connectivity index (χ4v) is 2.73. The zero-order chi connectivity index (χ0) is 13.8. The largest absolute Gasteiger partial charge is 0.271 e. The van der Waals surface area contributed by atoms with Gasteiger partial charge in [-0.3, -0.25) is 11.3 Å². The first-order valence-corrected chi connectivity index (χ1v) is 6.93. The SMILES string of the molecule is NNC(Cc1cccc(Br)c1)c1c(F)cccc1Cl. The van der Waals surface area contributed by atoms with Crippen molar-refractivity contribution in [1.82, 2.24) is 5.43 Å². The van der Waals surface area contributed by atoms with Gasteiger partial charge in [0.2, 0.25) is 0 Å². The van der Waals surface area contributed by atoms with Crippen molar-refractivity contribution in [3.63, 3.8) is 0 Å². The van der Waals surface area contributed by atoms with Crippen molar-refractivity contribution in [2.75, 3.05) is 0 Å². The molecule has 2 nitrogen and oxygen atoms in total. The minimum Gasteiger partial charge on any atom is -0.271 e. The van der Waals surface area contributed by atoms with Crippen LogP contribution in [0.5, 0.6) is 0 Å². The quantitative estimate of drug-likeness (QED) is 0.651. The second-order valence-corrected chi connectivity index (χ2v) is 5.51. The first kappa shape index (κ1) is 14.5. The first-order valence-electron chi connectivity index (χ1n) is 5.76. The van der Waals surface area contributed by atoms with Gasteiger partial charge in [0.05, 0.1) is 6.04 Å². The summed E-state index contributed by atoms with van der Waals surface area (Å²) < 4.78 is 14.9. The monoisotopic (exact) mass is 342 g/mol. The number of benzene rings is 2. The molecule has 3 N–H and O–H groups in total. The van der Waals surface area contributed by atoms with Crippen LogP contribution in [0.2, 0.25) is 5.02 Å². The van der Waals surface area contributed by atoms with Crippen molar-refractivity contribution in [3.8, 4) is 0 Å². The summed E-state index contributed by atoms with van der Waals surface area (Å²) in [5, 5.41) is 0.373. The standard InChI is InChI=1S/C14H13BrClFN2/c15-10-4-1-3-9(7-10)8-13(19-18)14-11(16)5-2-6-12(14)17/h1-7,13,19H,8,18H2. The number of halogens is 3. The van der Waals surface area contributed by atoms with Gasteiger partial charge in [0.25, 0.3) is 0 Å². The Hall–Kier alpha value is -0.940. The molecule has 0 spiro atoms. The molecule has 100 valence electrons.